The molecule has 0 saturated heterocycles. The van der Waals surface area contributed by atoms with Gasteiger partial charge in [-0.3, -0.25) is 14.4 Å². The lowest BCUT2D eigenvalue weighted by Crippen LogP contribution is -2.46. The van der Waals surface area contributed by atoms with Gasteiger partial charge in [-0.15, -0.1) is 0 Å². The van der Waals surface area contributed by atoms with E-state index in [1.165, 1.54) is 16.8 Å². The number of carbonyl (C=O) groups is 2. The molecule has 0 aromatic carbocycles. The Morgan fingerprint density at radius 3 is 2.52 bits per heavy atom. The fourth-order valence-electron chi connectivity index (χ4n) is 1.66. The summed E-state index contributed by atoms with van der Waals surface area (Å²) < 4.78 is 1.24. The molecule has 0 fully saturated rings. The van der Waals surface area contributed by atoms with Crippen LogP contribution in [0.3, 0.4) is 0 Å². The molecule has 2 amide bonds. The molecule has 0 aliphatic heterocycles. The van der Waals surface area contributed by atoms with Crippen LogP contribution < -0.4 is 16.2 Å². The van der Waals surface area contributed by atoms with Gasteiger partial charge in [-0.1, -0.05) is 6.92 Å². The minimum absolute atomic E-state index is 0.117. The minimum atomic E-state index is -0.482. The van der Waals surface area contributed by atoms with Gasteiger partial charge < -0.3 is 10.6 Å². The molecule has 1 rings (SSSR count). The topological polar surface area (TPSA) is 93.1 Å². The number of aryl methyl sites for hydroxylation is 1. The number of hydrogen-bond donors (Lipinski definition) is 2. The Hall–Kier alpha value is -2.18. The van der Waals surface area contributed by atoms with Crippen molar-refractivity contribution in [3.05, 3.63) is 28.2 Å². The van der Waals surface area contributed by atoms with Crippen LogP contribution in [0, 0.1) is 0 Å². The average Bonchev–Trinajstić information content (AvgIpc) is 2.37. The number of aromatic nitrogens is 2. The second kappa shape index (κ2) is 7.01. The van der Waals surface area contributed by atoms with E-state index in [-0.39, 0.29) is 29.2 Å². The van der Waals surface area contributed by atoms with E-state index >= 15 is 0 Å². The Labute approximate surface area is 123 Å². The average molecular weight is 294 g/mol. The van der Waals surface area contributed by atoms with Crippen molar-refractivity contribution < 1.29 is 9.59 Å². The number of nitrogens with one attached hydrogen (secondary N) is 2. The molecule has 1 heterocycles. The summed E-state index contributed by atoms with van der Waals surface area (Å²) in [5.74, 6) is -0.762. The monoisotopic (exact) mass is 294 g/mol. The zero-order chi connectivity index (χ0) is 16.0. The highest BCUT2D eigenvalue weighted by molar-refractivity contribution is 5.94. The molecule has 0 aliphatic carbocycles. The van der Waals surface area contributed by atoms with Crippen LogP contribution >= 0.6 is 0 Å². The molecular weight excluding hydrogens is 272 g/mol. The summed E-state index contributed by atoms with van der Waals surface area (Å²) in [6, 6.07) is 2.65. The van der Waals surface area contributed by atoms with Crippen molar-refractivity contribution in [3.63, 3.8) is 0 Å². The number of rotatable bonds is 5. The smallest absolute Gasteiger partial charge is 0.272 e. The predicted molar refractivity (Wildman–Crippen MR) is 79.0 cm³/mol. The van der Waals surface area contributed by atoms with E-state index in [1.54, 1.807) is 0 Å². The van der Waals surface area contributed by atoms with Crippen LogP contribution in [0.1, 0.15) is 44.6 Å². The van der Waals surface area contributed by atoms with E-state index in [0.29, 0.717) is 6.54 Å². The lowest BCUT2D eigenvalue weighted by molar-refractivity contribution is -0.121. The maximum absolute atomic E-state index is 11.9. The Morgan fingerprint density at radius 1 is 1.29 bits per heavy atom. The molecule has 0 radical (unpaired) electrons. The Bertz CT molecular complexity index is 572. The first-order valence-corrected chi connectivity index (χ1v) is 6.90. The minimum Gasteiger partial charge on any atom is -0.350 e. The molecule has 116 valence electrons. The van der Waals surface area contributed by atoms with Crippen molar-refractivity contribution in [3.8, 4) is 0 Å². The molecule has 0 bridgehead atoms. The van der Waals surface area contributed by atoms with Gasteiger partial charge in [0.1, 0.15) is 5.69 Å². The molecule has 7 nitrogen and oxygen atoms in total. The van der Waals surface area contributed by atoms with E-state index in [2.05, 4.69) is 15.7 Å². The lowest BCUT2D eigenvalue weighted by Gasteiger charge is -2.20. The van der Waals surface area contributed by atoms with Crippen LogP contribution in [-0.2, 0) is 11.3 Å². The van der Waals surface area contributed by atoms with Crippen LogP contribution in [0.4, 0.5) is 0 Å². The fraction of sp³-hybridized carbons (Fsp3) is 0.571. The first-order chi connectivity index (χ1) is 9.73. The van der Waals surface area contributed by atoms with Crippen LogP contribution in [0.2, 0.25) is 0 Å². The van der Waals surface area contributed by atoms with Gasteiger partial charge >= 0.3 is 0 Å². The maximum atomic E-state index is 11.9. The molecule has 2 N–H and O–H groups in total. The third kappa shape index (κ3) is 5.76. The maximum Gasteiger partial charge on any atom is 0.272 e. The summed E-state index contributed by atoms with van der Waals surface area (Å²) in [4.78, 5) is 35.0. The van der Waals surface area contributed by atoms with Gasteiger partial charge in [0.15, 0.2) is 0 Å². The van der Waals surface area contributed by atoms with Crippen LogP contribution in [0.25, 0.3) is 0 Å². The predicted octanol–water partition coefficient (Wildman–Crippen LogP) is 0.298. The number of nitrogens with zero attached hydrogens (tertiary/aromatic N) is 2. The van der Waals surface area contributed by atoms with Crippen molar-refractivity contribution in [2.24, 2.45) is 0 Å². The molecular formula is C14H22N4O3. The van der Waals surface area contributed by atoms with Crippen molar-refractivity contribution in [2.45, 2.75) is 46.2 Å². The molecule has 1 aromatic rings. The molecule has 0 saturated carbocycles. The molecule has 21 heavy (non-hydrogen) atoms. The SMILES string of the molecule is CCCn1nc(C(=O)NCC(=O)NC(C)(C)C)ccc1=O. The standard InChI is InChI=1S/C14H22N4O3/c1-5-8-18-12(20)7-6-10(17-18)13(21)15-9-11(19)16-14(2,3)4/h6-7H,5,8-9H2,1-4H3,(H,15,21)(H,16,19). The van der Waals surface area contributed by atoms with E-state index < -0.39 is 5.91 Å². The van der Waals surface area contributed by atoms with Gasteiger partial charge in [0, 0.05) is 18.2 Å². The molecule has 0 spiro atoms. The normalized spacial score (nSPS) is 11.0. The molecule has 0 unspecified atom stereocenters. The number of hydrogen-bond acceptors (Lipinski definition) is 4. The van der Waals surface area contributed by atoms with Crippen LogP contribution in [-0.4, -0.2) is 33.7 Å². The summed E-state index contributed by atoms with van der Waals surface area (Å²) in [6.07, 6.45) is 0.742. The summed E-state index contributed by atoms with van der Waals surface area (Å²) in [6.45, 7) is 7.80. The third-order valence-corrected chi connectivity index (χ3v) is 2.46. The van der Waals surface area contributed by atoms with Crippen molar-refractivity contribution in [2.75, 3.05) is 6.54 Å². The first-order valence-electron chi connectivity index (χ1n) is 6.90. The zero-order valence-corrected chi connectivity index (χ0v) is 12.9. The number of carbonyl (C=O) groups excluding carboxylic acids is 2. The summed E-state index contributed by atoms with van der Waals surface area (Å²) >= 11 is 0. The second-order valence-corrected chi connectivity index (χ2v) is 5.76. The Balaban J connectivity index is 2.66. The van der Waals surface area contributed by atoms with Crippen molar-refractivity contribution in [1.29, 1.82) is 0 Å². The second-order valence-electron chi connectivity index (χ2n) is 5.76. The van der Waals surface area contributed by atoms with E-state index in [4.69, 9.17) is 0 Å². The van der Waals surface area contributed by atoms with Gasteiger partial charge in [-0.05, 0) is 33.3 Å². The summed E-state index contributed by atoms with van der Waals surface area (Å²) in [5, 5.41) is 9.19. The summed E-state index contributed by atoms with van der Waals surface area (Å²) in [5.41, 5.74) is -0.487. The zero-order valence-electron chi connectivity index (χ0n) is 12.9. The summed E-state index contributed by atoms with van der Waals surface area (Å²) in [7, 11) is 0. The third-order valence-electron chi connectivity index (χ3n) is 2.46. The van der Waals surface area contributed by atoms with E-state index in [9.17, 15) is 14.4 Å². The number of amides is 2. The van der Waals surface area contributed by atoms with Gasteiger partial charge in [0.2, 0.25) is 5.91 Å². The molecule has 7 heteroatoms. The highest BCUT2D eigenvalue weighted by Crippen LogP contribution is 1.97. The first kappa shape index (κ1) is 16.9. The van der Waals surface area contributed by atoms with Crippen molar-refractivity contribution in [1.82, 2.24) is 20.4 Å². The Kier molecular flexibility index (Phi) is 5.63. The van der Waals surface area contributed by atoms with E-state index in [1.807, 2.05) is 27.7 Å². The highest BCUT2D eigenvalue weighted by atomic mass is 16.2. The molecule has 0 aliphatic rings. The van der Waals surface area contributed by atoms with Gasteiger partial charge in [0.05, 0.1) is 6.54 Å². The van der Waals surface area contributed by atoms with Gasteiger partial charge in [-0.2, -0.15) is 5.10 Å². The van der Waals surface area contributed by atoms with Crippen LogP contribution in [0.5, 0.6) is 0 Å². The van der Waals surface area contributed by atoms with Crippen molar-refractivity contribution >= 4 is 11.8 Å². The fourth-order valence-corrected chi connectivity index (χ4v) is 1.66. The highest BCUT2D eigenvalue weighted by Gasteiger charge is 2.15. The molecule has 1 aromatic heterocycles. The van der Waals surface area contributed by atoms with Gasteiger partial charge in [-0.25, -0.2) is 4.68 Å². The van der Waals surface area contributed by atoms with Crippen LogP contribution in [0.15, 0.2) is 16.9 Å². The van der Waals surface area contributed by atoms with E-state index in [0.717, 1.165) is 6.42 Å². The largest absolute Gasteiger partial charge is 0.350 e. The Morgan fingerprint density at radius 2 is 1.95 bits per heavy atom. The quantitative estimate of drug-likeness (QED) is 0.816. The van der Waals surface area contributed by atoms with Gasteiger partial charge in [0.25, 0.3) is 11.5 Å². The molecule has 0 atom stereocenters. The lowest BCUT2D eigenvalue weighted by atomic mass is 10.1.